The molecule has 1 aromatic rings. The van der Waals surface area contributed by atoms with Crippen LogP contribution in [-0.2, 0) is 4.74 Å². The van der Waals surface area contributed by atoms with Crippen LogP contribution in [0.15, 0.2) is 24.3 Å². The molecule has 0 aromatic heterocycles. The van der Waals surface area contributed by atoms with E-state index in [4.69, 9.17) is 16.3 Å². The van der Waals surface area contributed by atoms with Crippen LogP contribution in [0.1, 0.15) is 51.1 Å². The Morgan fingerprint density at radius 3 is 2.48 bits per heavy atom. The maximum atomic E-state index is 6.03. The molecule has 1 aliphatic heterocycles. The summed E-state index contributed by atoms with van der Waals surface area (Å²) >= 11 is 6.03. The molecule has 1 atom stereocenters. The minimum absolute atomic E-state index is 0.464. The third-order valence-corrected chi connectivity index (χ3v) is 4.65. The Balaban J connectivity index is 2.00. The number of piperidine rings is 1. The second-order valence-electron chi connectivity index (χ2n) is 6.19. The van der Waals surface area contributed by atoms with E-state index in [0.717, 1.165) is 37.0 Å². The molecule has 0 amide bonds. The summed E-state index contributed by atoms with van der Waals surface area (Å²) in [4.78, 5) is 2.62. The van der Waals surface area contributed by atoms with Crippen LogP contribution in [0.4, 0.5) is 0 Å². The van der Waals surface area contributed by atoms with Gasteiger partial charge >= 0.3 is 0 Å². The Labute approximate surface area is 134 Å². The molecule has 0 N–H and O–H groups in total. The van der Waals surface area contributed by atoms with E-state index in [2.05, 4.69) is 30.9 Å². The Morgan fingerprint density at radius 1 is 1.19 bits per heavy atom. The highest BCUT2D eigenvalue weighted by Crippen LogP contribution is 2.30. The Hall–Kier alpha value is -0.570. The lowest BCUT2D eigenvalue weighted by atomic mass is 9.94. The van der Waals surface area contributed by atoms with Crippen molar-refractivity contribution in [2.45, 2.75) is 45.6 Å². The highest BCUT2D eigenvalue weighted by molar-refractivity contribution is 6.30. The fraction of sp³-hybridized carbons (Fsp3) is 0.667. The van der Waals surface area contributed by atoms with E-state index in [0.29, 0.717) is 6.04 Å². The van der Waals surface area contributed by atoms with Crippen molar-refractivity contribution in [1.82, 2.24) is 4.90 Å². The Morgan fingerprint density at radius 2 is 1.86 bits per heavy atom. The summed E-state index contributed by atoms with van der Waals surface area (Å²) in [5, 5.41) is 0.812. The van der Waals surface area contributed by atoms with Crippen LogP contribution in [0.3, 0.4) is 0 Å². The standard InChI is InChI=1S/C18H28ClNO/c1-3-13-21-14-10-18(16-4-6-17(19)7-5-16)20-11-8-15(2)9-12-20/h4-7,15,18H,3,8-14H2,1-2H3. The smallest absolute Gasteiger partial charge is 0.0484 e. The minimum Gasteiger partial charge on any atom is -0.381 e. The minimum atomic E-state index is 0.464. The van der Waals surface area contributed by atoms with Gasteiger partial charge in [-0.15, -0.1) is 0 Å². The molecule has 118 valence electrons. The van der Waals surface area contributed by atoms with Crippen molar-refractivity contribution in [2.24, 2.45) is 5.92 Å². The summed E-state index contributed by atoms with van der Waals surface area (Å²) in [6, 6.07) is 8.81. The summed E-state index contributed by atoms with van der Waals surface area (Å²) in [5.41, 5.74) is 1.37. The number of nitrogens with zero attached hydrogens (tertiary/aromatic N) is 1. The van der Waals surface area contributed by atoms with Gasteiger partial charge in [0.1, 0.15) is 0 Å². The first-order chi connectivity index (χ1) is 10.2. The molecular formula is C18H28ClNO. The lowest BCUT2D eigenvalue weighted by Crippen LogP contribution is -2.36. The van der Waals surface area contributed by atoms with Crippen molar-refractivity contribution in [3.8, 4) is 0 Å². The first-order valence-corrected chi connectivity index (χ1v) is 8.65. The van der Waals surface area contributed by atoms with Crippen LogP contribution in [-0.4, -0.2) is 31.2 Å². The predicted molar refractivity (Wildman–Crippen MR) is 89.9 cm³/mol. The van der Waals surface area contributed by atoms with E-state index in [1.807, 2.05) is 12.1 Å². The number of likely N-dealkylation sites (tertiary alicyclic amines) is 1. The van der Waals surface area contributed by atoms with E-state index in [9.17, 15) is 0 Å². The van der Waals surface area contributed by atoms with Crippen LogP contribution in [0, 0.1) is 5.92 Å². The van der Waals surface area contributed by atoms with E-state index in [1.54, 1.807) is 0 Å². The third kappa shape index (κ3) is 5.28. The fourth-order valence-corrected chi connectivity index (χ4v) is 3.15. The van der Waals surface area contributed by atoms with Gasteiger partial charge < -0.3 is 4.74 Å². The summed E-state index contributed by atoms with van der Waals surface area (Å²) in [6.07, 6.45) is 4.77. The van der Waals surface area contributed by atoms with Gasteiger partial charge in [-0.25, -0.2) is 0 Å². The zero-order chi connectivity index (χ0) is 15.1. The summed E-state index contributed by atoms with van der Waals surface area (Å²) in [7, 11) is 0. The van der Waals surface area contributed by atoms with Gasteiger partial charge in [-0.2, -0.15) is 0 Å². The van der Waals surface area contributed by atoms with Crippen molar-refractivity contribution in [1.29, 1.82) is 0 Å². The van der Waals surface area contributed by atoms with Gasteiger partial charge in [-0.1, -0.05) is 37.6 Å². The van der Waals surface area contributed by atoms with Crippen LogP contribution >= 0.6 is 11.6 Å². The molecule has 1 aliphatic rings. The first kappa shape index (κ1) is 16.8. The summed E-state index contributed by atoms with van der Waals surface area (Å²) in [5.74, 6) is 0.864. The molecule has 0 radical (unpaired) electrons. The van der Waals surface area contributed by atoms with E-state index in [1.165, 1.54) is 31.5 Å². The van der Waals surface area contributed by atoms with Gasteiger partial charge in [0.25, 0.3) is 0 Å². The van der Waals surface area contributed by atoms with Crippen molar-refractivity contribution >= 4 is 11.6 Å². The normalized spacial score (nSPS) is 18.8. The van der Waals surface area contributed by atoms with Crippen molar-refractivity contribution in [2.75, 3.05) is 26.3 Å². The molecule has 1 aromatic carbocycles. The molecule has 3 heteroatoms. The molecule has 1 fully saturated rings. The molecule has 0 bridgehead atoms. The number of hydrogen-bond acceptors (Lipinski definition) is 2. The topological polar surface area (TPSA) is 12.5 Å². The van der Waals surface area contributed by atoms with Crippen molar-refractivity contribution in [3.05, 3.63) is 34.9 Å². The average Bonchev–Trinajstić information content (AvgIpc) is 2.50. The van der Waals surface area contributed by atoms with Gasteiger partial charge in [-0.05, 0) is 62.4 Å². The molecular weight excluding hydrogens is 282 g/mol. The SMILES string of the molecule is CCCOCCC(c1ccc(Cl)cc1)N1CCC(C)CC1. The average molecular weight is 310 g/mol. The highest BCUT2D eigenvalue weighted by atomic mass is 35.5. The summed E-state index contributed by atoms with van der Waals surface area (Å²) in [6.45, 7) is 8.61. The van der Waals surface area contributed by atoms with Crippen LogP contribution in [0.25, 0.3) is 0 Å². The van der Waals surface area contributed by atoms with Crippen LogP contribution in [0.5, 0.6) is 0 Å². The number of hydrogen-bond donors (Lipinski definition) is 0. The van der Waals surface area contributed by atoms with Gasteiger partial charge in [0.2, 0.25) is 0 Å². The predicted octanol–water partition coefficient (Wildman–Crippen LogP) is 4.93. The maximum absolute atomic E-state index is 6.03. The molecule has 1 unspecified atom stereocenters. The second kappa shape index (κ2) is 8.77. The molecule has 0 spiro atoms. The van der Waals surface area contributed by atoms with Gasteiger partial charge in [0.05, 0.1) is 0 Å². The molecule has 1 saturated heterocycles. The quantitative estimate of drug-likeness (QED) is 0.662. The molecule has 0 aliphatic carbocycles. The van der Waals surface area contributed by atoms with E-state index >= 15 is 0 Å². The number of halogens is 1. The number of rotatable bonds is 7. The molecule has 2 rings (SSSR count). The Kier molecular flexibility index (Phi) is 7.01. The van der Waals surface area contributed by atoms with E-state index in [-0.39, 0.29) is 0 Å². The van der Waals surface area contributed by atoms with Crippen LogP contribution < -0.4 is 0 Å². The van der Waals surface area contributed by atoms with Gasteiger partial charge in [-0.3, -0.25) is 4.90 Å². The zero-order valence-electron chi connectivity index (χ0n) is 13.4. The Bertz CT molecular complexity index is 398. The molecule has 2 nitrogen and oxygen atoms in total. The third-order valence-electron chi connectivity index (χ3n) is 4.40. The second-order valence-corrected chi connectivity index (χ2v) is 6.62. The fourth-order valence-electron chi connectivity index (χ4n) is 3.03. The number of benzene rings is 1. The first-order valence-electron chi connectivity index (χ1n) is 8.28. The lowest BCUT2D eigenvalue weighted by molar-refractivity contribution is 0.0807. The zero-order valence-corrected chi connectivity index (χ0v) is 14.1. The van der Waals surface area contributed by atoms with Crippen molar-refractivity contribution in [3.63, 3.8) is 0 Å². The molecule has 21 heavy (non-hydrogen) atoms. The monoisotopic (exact) mass is 309 g/mol. The van der Waals surface area contributed by atoms with Gasteiger partial charge in [0, 0.05) is 24.3 Å². The maximum Gasteiger partial charge on any atom is 0.0484 e. The highest BCUT2D eigenvalue weighted by Gasteiger charge is 2.24. The van der Waals surface area contributed by atoms with E-state index < -0.39 is 0 Å². The van der Waals surface area contributed by atoms with Crippen molar-refractivity contribution < 1.29 is 4.74 Å². The van der Waals surface area contributed by atoms with Gasteiger partial charge in [0.15, 0.2) is 0 Å². The largest absolute Gasteiger partial charge is 0.381 e. The molecule has 1 heterocycles. The summed E-state index contributed by atoms with van der Waals surface area (Å²) < 4.78 is 5.72. The molecule has 0 saturated carbocycles. The van der Waals surface area contributed by atoms with Crippen LogP contribution in [0.2, 0.25) is 5.02 Å². The lowest BCUT2D eigenvalue weighted by Gasteiger charge is -2.37. The number of ether oxygens (including phenoxy) is 1.